The SMILES string of the molecule is Cc1ccc(S(=O)(=O)NCCN(C)C(=O)c2csc(CN)n2)cc1. The summed E-state index contributed by atoms with van der Waals surface area (Å²) < 4.78 is 26.8. The van der Waals surface area contributed by atoms with Gasteiger partial charge in [-0.3, -0.25) is 4.79 Å². The van der Waals surface area contributed by atoms with Crippen LogP contribution in [0.3, 0.4) is 0 Å². The minimum Gasteiger partial charge on any atom is -0.339 e. The van der Waals surface area contributed by atoms with Crippen LogP contribution in [0.15, 0.2) is 34.5 Å². The van der Waals surface area contributed by atoms with Crippen molar-refractivity contribution >= 4 is 27.3 Å². The van der Waals surface area contributed by atoms with Crippen molar-refractivity contribution in [3.8, 4) is 0 Å². The highest BCUT2D eigenvalue weighted by atomic mass is 32.2. The van der Waals surface area contributed by atoms with Crippen molar-refractivity contribution in [2.45, 2.75) is 18.4 Å². The Morgan fingerprint density at radius 2 is 2.00 bits per heavy atom. The Morgan fingerprint density at radius 1 is 1.33 bits per heavy atom. The maximum absolute atomic E-state index is 12.2. The lowest BCUT2D eigenvalue weighted by Crippen LogP contribution is -2.36. The molecule has 1 heterocycles. The van der Waals surface area contributed by atoms with Gasteiger partial charge in [0.2, 0.25) is 10.0 Å². The van der Waals surface area contributed by atoms with Crippen molar-refractivity contribution in [3.63, 3.8) is 0 Å². The quantitative estimate of drug-likeness (QED) is 0.757. The van der Waals surface area contributed by atoms with E-state index in [1.165, 1.54) is 16.2 Å². The molecular weight excluding hydrogens is 348 g/mol. The number of carbonyl (C=O) groups is 1. The minimum atomic E-state index is -3.58. The number of hydrogen-bond donors (Lipinski definition) is 2. The van der Waals surface area contributed by atoms with E-state index in [0.717, 1.165) is 5.56 Å². The van der Waals surface area contributed by atoms with Gasteiger partial charge in [0.15, 0.2) is 0 Å². The number of likely N-dealkylation sites (N-methyl/N-ethyl adjacent to an activating group) is 1. The van der Waals surface area contributed by atoms with E-state index in [1.807, 2.05) is 6.92 Å². The molecule has 1 aromatic carbocycles. The second-order valence-electron chi connectivity index (χ2n) is 5.27. The van der Waals surface area contributed by atoms with Crippen LogP contribution in [0.1, 0.15) is 21.1 Å². The van der Waals surface area contributed by atoms with Gasteiger partial charge in [-0.15, -0.1) is 11.3 Å². The molecule has 0 bridgehead atoms. The van der Waals surface area contributed by atoms with Gasteiger partial charge >= 0.3 is 0 Å². The highest BCUT2D eigenvalue weighted by Crippen LogP contribution is 2.11. The van der Waals surface area contributed by atoms with Crippen LogP contribution in [0.25, 0.3) is 0 Å². The lowest BCUT2D eigenvalue weighted by molar-refractivity contribution is 0.0792. The van der Waals surface area contributed by atoms with Crippen molar-refractivity contribution < 1.29 is 13.2 Å². The molecule has 0 aliphatic carbocycles. The van der Waals surface area contributed by atoms with Crippen molar-refractivity contribution in [1.29, 1.82) is 0 Å². The van der Waals surface area contributed by atoms with Crippen molar-refractivity contribution in [3.05, 3.63) is 45.9 Å². The number of nitrogens with one attached hydrogen (secondary N) is 1. The number of amides is 1. The highest BCUT2D eigenvalue weighted by Gasteiger charge is 2.17. The predicted octanol–water partition coefficient (Wildman–Crippen LogP) is 0.961. The molecule has 1 aromatic heterocycles. The van der Waals surface area contributed by atoms with E-state index >= 15 is 0 Å². The van der Waals surface area contributed by atoms with E-state index in [0.29, 0.717) is 10.7 Å². The van der Waals surface area contributed by atoms with Gasteiger partial charge in [-0.2, -0.15) is 0 Å². The van der Waals surface area contributed by atoms with E-state index in [9.17, 15) is 13.2 Å². The number of sulfonamides is 1. The zero-order valence-corrected chi connectivity index (χ0v) is 15.2. The molecule has 0 saturated heterocycles. The molecular formula is C15H20N4O3S2. The van der Waals surface area contributed by atoms with Gasteiger partial charge in [-0.05, 0) is 19.1 Å². The first-order chi connectivity index (χ1) is 11.3. The number of hydrogen-bond acceptors (Lipinski definition) is 6. The predicted molar refractivity (Wildman–Crippen MR) is 93.3 cm³/mol. The number of rotatable bonds is 7. The number of thiazole rings is 1. The van der Waals surface area contributed by atoms with E-state index < -0.39 is 10.0 Å². The third kappa shape index (κ3) is 4.60. The van der Waals surface area contributed by atoms with Crippen LogP contribution < -0.4 is 10.5 Å². The average Bonchev–Trinajstić information content (AvgIpc) is 3.03. The summed E-state index contributed by atoms with van der Waals surface area (Å²) in [6, 6.07) is 6.58. The third-order valence-electron chi connectivity index (χ3n) is 3.36. The van der Waals surface area contributed by atoms with Gasteiger partial charge in [0.25, 0.3) is 5.91 Å². The second kappa shape index (κ2) is 7.84. The molecule has 130 valence electrons. The maximum Gasteiger partial charge on any atom is 0.273 e. The Balaban J connectivity index is 1.90. The van der Waals surface area contributed by atoms with Crippen LogP contribution in [0.4, 0.5) is 0 Å². The molecule has 9 heteroatoms. The number of nitrogens with zero attached hydrogens (tertiary/aromatic N) is 2. The summed E-state index contributed by atoms with van der Waals surface area (Å²) in [7, 11) is -1.98. The highest BCUT2D eigenvalue weighted by molar-refractivity contribution is 7.89. The molecule has 2 rings (SSSR count). The number of carbonyl (C=O) groups excluding carboxylic acids is 1. The molecule has 0 radical (unpaired) electrons. The standard InChI is InChI=1S/C15H20N4O3S2/c1-11-3-5-12(6-4-11)24(21,22)17-7-8-19(2)15(20)13-10-23-14(9-16)18-13/h3-6,10,17H,7-9,16H2,1-2H3. The van der Waals surface area contributed by atoms with Gasteiger partial charge in [0.05, 0.1) is 4.90 Å². The van der Waals surface area contributed by atoms with Crippen LogP contribution in [0.5, 0.6) is 0 Å². The van der Waals surface area contributed by atoms with Crippen molar-refractivity contribution in [2.75, 3.05) is 20.1 Å². The fourth-order valence-corrected chi connectivity index (χ4v) is 3.62. The van der Waals surface area contributed by atoms with Gasteiger partial charge in [0.1, 0.15) is 10.7 Å². The van der Waals surface area contributed by atoms with Crippen LogP contribution >= 0.6 is 11.3 Å². The Bertz CT molecular complexity index is 800. The Labute approximate surface area is 145 Å². The fraction of sp³-hybridized carbons (Fsp3) is 0.333. The summed E-state index contributed by atoms with van der Waals surface area (Å²) in [5.41, 5.74) is 6.79. The zero-order valence-electron chi connectivity index (χ0n) is 13.5. The molecule has 1 amide bonds. The summed E-state index contributed by atoms with van der Waals surface area (Å²) in [5.74, 6) is -0.263. The van der Waals surface area contributed by atoms with Crippen LogP contribution in [0, 0.1) is 6.92 Å². The van der Waals surface area contributed by atoms with Crippen LogP contribution in [-0.4, -0.2) is 44.3 Å². The summed E-state index contributed by atoms with van der Waals surface area (Å²) in [6.07, 6.45) is 0. The third-order valence-corrected chi connectivity index (χ3v) is 5.71. The molecule has 3 N–H and O–H groups in total. The van der Waals surface area contributed by atoms with Gasteiger partial charge < -0.3 is 10.6 Å². The zero-order chi connectivity index (χ0) is 17.7. The van der Waals surface area contributed by atoms with Crippen LogP contribution in [-0.2, 0) is 16.6 Å². The fourth-order valence-electron chi connectivity index (χ4n) is 1.95. The van der Waals surface area contributed by atoms with E-state index in [1.54, 1.807) is 36.7 Å². The minimum absolute atomic E-state index is 0.117. The van der Waals surface area contributed by atoms with Crippen LogP contribution in [0.2, 0.25) is 0 Å². The second-order valence-corrected chi connectivity index (χ2v) is 7.98. The summed E-state index contributed by atoms with van der Waals surface area (Å²) >= 11 is 1.33. The molecule has 24 heavy (non-hydrogen) atoms. The lowest BCUT2D eigenvalue weighted by Gasteiger charge is -2.16. The molecule has 0 aliphatic rings. The van der Waals surface area contributed by atoms with Gasteiger partial charge in [-0.1, -0.05) is 17.7 Å². The number of nitrogens with two attached hydrogens (primary N) is 1. The monoisotopic (exact) mass is 368 g/mol. The first-order valence-corrected chi connectivity index (χ1v) is 9.66. The first-order valence-electron chi connectivity index (χ1n) is 7.30. The largest absolute Gasteiger partial charge is 0.339 e. The van der Waals surface area contributed by atoms with Gasteiger partial charge in [0, 0.05) is 32.1 Å². The summed E-state index contributed by atoms with van der Waals surface area (Å²) in [5, 5.41) is 2.34. The average molecular weight is 368 g/mol. The van der Waals surface area contributed by atoms with Crippen molar-refractivity contribution in [1.82, 2.24) is 14.6 Å². The van der Waals surface area contributed by atoms with Gasteiger partial charge in [-0.25, -0.2) is 18.1 Å². The topological polar surface area (TPSA) is 105 Å². The molecule has 2 aromatic rings. The normalized spacial score (nSPS) is 11.5. The Morgan fingerprint density at radius 3 is 2.58 bits per heavy atom. The molecule has 0 aliphatic heterocycles. The number of benzene rings is 1. The lowest BCUT2D eigenvalue weighted by atomic mass is 10.2. The smallest absolute Gasteiger partial charge is 0.273 e. The first kappa shape index (κ1) is 18.5. The number of aromatic nitrogens is 1. The van der Waals surface area contributed by atoms with E-state index in [4.69, 9.17) is 5.73 Å². The summed E-state index contributed by atoms with van der Waals surface area (Å²) in [4.78, 5) is 17.9. The molecule has 0 unspecified atom stereocenters. The molecule has 0 spiro atoms. The molecule has 0 fully saturated rings. The van der Waals surface area contributed by atoms with E-state index in [-0.39, 0.29) is 30.4 Å². The summed E-state index contributed by atoms with van der Waals surface area (Å²) in [6.45, 7) is 2.53. The van der Waals surface area contributed by atoms with E-state index in [2.05, 4.69) is 9.71 Å². The number of aryl methyl sites for hydroxylation is 1. The molecule has 0 atom stereocenters. The van der Waals surface area contributed by atoms with Crippen molar-refractivity contribution in [2.24, 2.45) is 5.73 Å². The molecule has 7 nitrogen and oxygen atoms in total. The molecule has 0 saturated carbocycles. The Kier molecular flexibility index (Phi) is 6.05. The Hall–Kier alpha value is -1.81. The maximum atomic E-state index is 12.2.